The topological polar surface area (TPSA) is 58.4 Å². The van der Waals surface area contributed by atoms with Gasteiger partial charge in [-0.2, -0.15) is 0 Å². The minimum absolute atomic E-state index is 0.281. The highest BCUT2D eigenvalue weighted by molar-refractivity contribution is 5.80. The zero-order valence-electron chi connectivity index (χ0n) is 12.0. The summed E-state index contributed by atoms with van der Waals surface area (Å²) >= 11 is 0. The third-order valence-corrected chi connectivity index (χ3v) is 3.03. The molecule has 1 amide bonds. The first-order valence-corrected chi connectivity index (χ1v) is 7.00. The molecule has 0 unspecified atom stereocenters. The Morgan fingerprint density at radius 1 is 1.32 bits per heavy atom. The van der Waals surface area contributed by atoms with Crippen LogP contribution in [0.1, 0.15) is 32.3 Å². The van der Waals surface area contributed by atoms with E-state index < -0.39 is 0 Å². The molecule has 0 saturated carbocycles. The molecule has 0 aliphatic heterocycles. The Hall–Kier alpha value is -1.55. The van der Waals surface area contributed by atoms with Crippen LogP contribution >= 0.6 is 0 Å². The Kier molecular flexibility index (Phi) is 6.97. The Morgan fingerprint density at radius 2 is 2.05 bits per heavy atom. The maximum atomic E-state index is 11.2. The molecule has 0 aromatic heterocycles. The molecule has 0 fully saturated rings. The van der Waals surface area contributed by atoms with Crippen molar-refractivity contribution >= 4 is 11.6 Å². The molecule has 1 rings (SSSR count). The van der Waals surface area contributed by atoms with Gasteiger partial charge in [-0.05, 0) is 24.6 Å². The second kappa shape index (κ2) is 8.53. The summed E-state index contributed by atoms with van der Waals surface area (Å²) in [5.74, 6) is -0.283. The molecule has 0 atom stereocenters. The van der Waals surface area contributed by atoms with E-state index in [1.165, 1.54) is 5.56 Å². The van der Waals surface area contributed by atoms with Crippen LogP contribution in [0.3, 0.4) is 0 Å². The van der Waals surface area contributed by atoms with Crippen molar-refractivity contribution in [2.75, 3.05) is 24.5 Å². The first-order chi connectivity index (χ1) is 9.19. The Balaban J connectivity index is 2.89. The second-order valence-corrected chi connectivity index (χ2v) is 4.65. The van der Waals surface area contributed by atoms with Crippen LogP contribution in [0.5, 0.6) is 0 Å². The number of nitrogens with one attached hydrogen (secondary N) is 1. The molecule has 3 N–H and O–H groups in total. The summed E-state index contributed by atoms with van der Waals surface area (Å²) in [5.41, 5.74) is 7.67. The zero-order valence-corrected chi connectivity index (χ0v) is 12.0. The van der Waals surface area contributed by atoms with Crippen molar-refractivity contribution in [3.05, 3.63) is 29.8 Å². The molecular weight excluding hydrogens is 238 g/mol. The summed E-state index contributed by atoms with van der Waals surface area (Å²) in [7, 11) is 0. The van der Waals surface area contributed by atoms with Gasteiger partial charge in [0.15, 0.2) is 0 Å². The van der Waals surface area contributed by atoms with Crippen molar-refractivity contribution in [1.82, 2.24) is 5.32 Å². The van der Waals surface area contributed by atoms with Gasteiger partial charge in [-0.1, -0.05) is 38.5 Å². The molecule has 4 nitrogen and oxygen atoms in total. The van der Waals surface area contributed by atoms with Crippen molar-refractivity contribution in [2.24, 2.45) is 5.73 Å². The Morgan fingerprint density at radius 3 is 2.68 bits per heavy atom. The normalized spacial score (nSPS) is 10.4. The average Bonchev–Trinajstić information content (AvgIpc) is 2.41. The Bertz CT molecular complexity index is 393. The van der Waals surface area contributed by atoms with Crippen LogP contribution in [0.25, 0.3) is 0 Å². The number of rotatable bonds is 9. The van der Waals surface area contributed by atoms with Gasteiger partial charge in [0, 0.05) is 18.8 Å². The van der Waals surface area contributed by atoms with E-state index in [-0.39, 0.29) is 12.5 Å². The van der Waals surface area contributed by atoms with Crippen molar-refractivity contribution < 1.29 is 4.79 Å². The maximum Gasteiger partial charge on any atom is 0.236 e. The lowest BCUT2D eigenvalue weighted by molar-refractivity contribution is -0.116. The Labute approximate surface area is 116 Å². The number of unbranched alkanes of at least 4 members (excludes halogenated alkanes) is 1. The predicted molar refractivity (Wildman–Crippen MR) is 80.1 cm³/mol. The summed E-state index contributed by atoms with van der Waals surface area (Å²) in [6.45, 7) is 7.12. The van der Waals surface area contributed by atoms with Gasteiger partial charge in [0.25, 0.3) is 0 Å². The molecule has 0 bridgehead atoms. The molecule has 1 aromatic carbocycles. The van der Waals surface area contributed by atoms with Gasteiger partial charge in [0.05, 0.1) is 6.54 Å². The number of benzene rings is 1. The van der Waals surface area contributed by atoms with Crippen molar-refractivity contribution in [3.63, 3.8) is 0 Å². The van der Waals surface area contributed by atoms with Crippen LogP contribution in [0.4, 0.5) is 5.69 Å². The van der Waals surface area contributed by atoms with E-state index in [1.54, 1.807) is 0 Å². The lowest BCUT2D eigenvalue weighted by Crippen LogP contribution is -2.35. The van der Waals surface area contributed by atoms with Crippen LogP contribution in [-0.4, -0.2) is 25.5 Å². The monoisotopic (exact) mass is 263 g/mol. The minimum atomic E-state index is -0.283. The minimum Gasteiger partial charge on any atom is -0.368 e. The third-order valence-electron chi connectivity index (χ3n) is 3.03. The summed E-state index contributed by atoms with van der Waals surface area (Å²) < 4.78 is 0. The van der Waals surface area contributed by atoms with E-state index in [2.05, 4.69) is 36.2 Å². The van der Waals surface area contributed by atoms with Gasteiger partial charge in [0.2, 0.25) is 5.91 Å². The smallest absolute Gasteiger partial charge is 0.236 e. The molecule has 0 aliphatic rings. The number of nitrogens with zero attached hydrogens (tertiary/aromatic N) is 1. The number of anilines is 1. The maximum absolute atomic E-state index is 11.2. The van der Waals surface area contributed by atoms with Gasteiger partial charge in [-0.25, -0.2) is 0 Å². The molecule has 0 spiro atoms. The number of hydrogen-bond acceptors (Lipinski definition) is 3. The van der Waals surface area contributed by atoms with Gasteiger partial charge in [-0.15, -0.1) is 0 Å². The molecule has 0 saturated heterocycles. The highest BCUT2D eigenvalue weighted by atomic mass is 16.1. The van der Waals surface area contributed by atoms with Crippen LogP contribution in [0.2, 0.25) is 0 Å². The fourth-order valence-electron chi connectivity index (χ4n) is 2.05. The largest absolute Gasteiger partial charge is 0.368 e. The number of carbonyl (C=O) groups excluding carboxylic acids is 1. The number of hydrogen-bond donors (Lipinski definition) is 2. The number of nitrogens with two attached hydrogens (primary N) is 1. The summed E-state index contributed by atoms with van der Waals surface area (Å²) in [6.07, 6.45) is 2.16. The first kappa shape index (κ1) is 15.5. The molecule has 0 aliphatic carbocycles. The summed E-state index contributed by atoms with van der Waals surface area (Å²) in [6, 6.07) is 8.19. The quantitative estimate of drug-likeness (QED) is 0.715. The fourth-order valence-corrected chi connectivity index (χ4v) is 2.05. The predicted octanol–water partition coefficient (Wildman–Crippen LogP) is 1.89. The molecular formula is C15H25N3O. The zero-order chi connectivity index (χ0) is 14.1. The van der Waals surface area contributed by atoms with E-state index in [0.717, 1.165) is 38.2 Å². The third kappa shape index (κ3) is 5.30. The van der Waals surface area contributed by atoms with Gasteiger partial charge < -0.3 is 16.0 Å². The van der Waals surface area contributed by atoms with E-state index in [4.69, 9.17) is 5.73 Å². The van der Waals surface area contributed by atoms with Gasteiger partial charge in [0.1, 0.15) is 0 Å². The molecule has 0 heterocycles. The van der Waals surface area contributed by atoms with E-state index in [9.17, 15) is 4.79 Å². The lowest BCUT2D eigenvalue weighted by atomic mass is 10.1. The van der Waals surface area contributed by atoms with Crippen molar-refractivity contribution in [3.8, 4) is 0 Å². The number of carbonyl (C=O) groups is 1. The van der Waals surface area contributed by atoms with Gasteiger partial charge in [-0.3, -0.25) is 4.79 Å². The highest BCUT2D eigenvalue weighted by Crippen LogP contribution is 2.20. The molecule has 19 heavy (non-hydrogen) atoms. The molecule has 106 valence electrons. The molecule has 0 radical (unpaired) electrons. The van der Waals surface area contributed by atoms with Crippen molar-refractivity contribution in [1.29, 1.82) is 0 Å². The first-order valence-electron chi connectivity index (χ1n) is 7.00. The van der Waals surface area contributed by atoms with Crippen LogP contribution < -0.4 is 16.0 Å². The molecule has 4 heteroatoms. The second-order valence-electron chi connectivity index (χ2n) is 4.65. The average molecular weight is 263 g/mol. The lowest BCUT2D eigenvalue weighted by Gasteiger charge is -2.26. The highest BCUT2D eigenvalue weighted by Gasteiger charge is 2.12. The number of para-hydroxylation sites is 1. The standard InChI is InChI=1S/C15H25N3O/c1-3-5-10-18(12-15(16)19)14-9-7-6-8-13(14)11-17-4-2/h6-9,17H,3-5,10-12H2,1-2H3,(H2,16,19). The van der Waals surface area contributed by atoms with E-state index >= 15 is 0 Å². The fraction of sp³-hybridized carbons (Fsp3) is 0.533. The van der Waals surface area contributed by atoms with Crippen molar-refractivity contribution in [2.45, 2.75) is 33.2 Å². The van der Waals surface area contributed by atoms with Crippen LogP contribution in [0, 0.1) is 0 Å². The number of amides is 1. The summed E-state index contributed by atoms with van der Waals surface area (Å²) in [4.78, 5) is 13.3. The number of primary amides is 1. The van der Waals surface area contributed by atoms with Gasteiger partial charge >= 0.3 is 0 Å². The SMILES string of the molecule is CCCCN(CC(N)=O)c1ccccc1CNCC. The molecule has 1 aromatic rings. The van der Waals surface area contributed by atoms with E-state index in [0.29, 0.717) is 0 Å². The summed E-state index contributed by atoms with van der Waals surface area (Å²) in [5, 5.41) is 3.33. The van der Waals surface area contributed by atoms with Crippen LogP contribution in [0.15, 0.2) is 24.3 Å². The van der Waals surface area contributed by atoms with Crippen LogP contribution in [-0.2, 0) is 11.3 Å². The van der Waals surface area contributed by atoms with E-state index in [1.807, 2.05) is 12.1 Å².